The first-order valence-corrected chi connectivity index (χ1v) is 4.50. The fraction of sp³-hybridized carbons (Fsp3) is 0.556. The van der Waals surface area contributed by atoms with Crippen LogP contribution in [0, 0.1) is 5.41 Å². The number of alkyl halides is 1. The van der Waals surface area contributed by atoms with E-state index in [1.54, 1.807) is 0 Å². The molecule has 0 aliphatic heterocycles. The van der Waals surface area contributed by atoms with Crippen LogP contribution in [-0.2, 0) is 0 Å². The van der Waals surface area contributed by atoms with Crippen molar-refractivity contribution in [1.82, 2.24) is 0 Å². The summed E-state index contributed by atoms with van der Waals surface area (Å²) in [5.41, 5.74) is 1.40. The lowest BCUT2D eigenvalue weighted by molar-refractivity contribution is 0.492. The minimum Gasteiger partial charge on any atom is -0.102 e. The van der Waals surface area contributed by atoms with Gasteiger partial charge in [0.2, 0.25) is 0 Å². The van der Waals surface area contributed by atoms with Crippen molar-refractivity contribution in [3.05, 3.63) is 24.8 Å². The summed E-state index contributed by atoms with van der Waals surface area (Å²) in [5.74, 6) is 0. The molecule has 0 aromatic rings. The lowest BCUT2D eigenvalue weighted by atomic mass is 9.87. The Balaban J connectivity index is 4.05. The molecule has 0 aliphatic rings. The Kier molecular flexibility index (Phi) is 3.95. The second-order valence-corrected chi connectivity index (χ2v) is 3.69. The molecule has 0 saturated carbocycles. The third-order valence-electron chi connectivity index (χ3n) is 1.50. The van der Waals surface area contributed by atoms with Crippen LogP contribution in [0.3, 0.4) is 0 Å². The van der Waals surface area contributed by atoms with E-state index < -0.39 is 0 Å². The van der Waals surface area contributed by atoms with Gasteiger partial charge in [0.25, 0.3) is 0 Å². The van der Waals surface area contributed by atoms with Gasteiger partial charge in [-0.05, 0) is 18.8 Å². The van der Waals surface area contributed by atoms with Crippen LogP contribution < -0.4 is 0 Å². The number of allylic oxidation sites excluding steroid dienone is 2. The van der Waals surface area contributed by atoms with Gasteiger partial charge in [0.05, 0.1) is 0 Å². The third-order valence-corrected chi connectivity index (χ3v) is 2.78. The van der Waals surface area contributed by atoms with Crippen LogP contribution in [0.4, 0.5) is 0 Å². The highest BCUT2D eigenvalue weighted by atomic mass is 79.9. The monoisotopic (exact) mass is 202 g/mol. The van der Waals surface area contributed by atoms with E-state index in [0.717, 1.165) is 11.8 Å². The maximum Gasteiger partial charge on any atom is 0.0123 e. The van der Waals surface area contributed by atoms with Crippen LogP contribution in [0.5, 0.6) is 0 Å². The highest BCUT2D eigenvalue weighted by Gasteiger charge is 2.17. The SMILES string of the molecule is C=CC(C)(CBr)CC(=C)C. The molecule has 58 valence electrons. The standard InChI is InChI=1S/C9H15Br/c1-5-9(4,7-10)6-8(2)3/h5H,1-2,6-7H2,3-4H3. The van der Waals surface area contributed by atoms with E-state index in [1.165, 1.54) is 5.57 Å². The molecule has 0 nitrogen and oxygen atoms in total. The number of hydrogen-bond acceptors (Lipinski definition) is 0. The summed E-state index contributed by atoms with van der Waals surface area (Å²) in [6.45, 7) is 11.9. The second kappa shape index (κ2) is 3.97. The maximum absolute atomic E-state index is 3.87. The first kappa shape index (κ1) is 9.96. The molecule has 0 aromatic heterocycles. The van der Waals surface area contributed by atoms with Crippen molar-refractivity contribution in [2.45, 2.75) is 20.3 Å². The van der Waals surface area contributed by atoms with Crippen molar-refractivity contribution < 1.29 is 0 Å². The summed E-state index contributed by atoms with van der Waals surface area (Å²) in [6, 6.07) is 0. The molecule has 0 fully saturated rings. The Labute approximate surface area is 72.1 Å². The fourth-order valence-corrected chi connectivity index (χ4v) is 1.29. The molecule has 1 heteroatoms. The quantitative estimate of drug-likeness (QED) is 0.484. The molecule has 1 unspecified atom stereocenters. The molecule has 0 N–H and O–H groups in total. The van der Waals surface area contributed by atoms with Crippen molar-refractivity contribution in [2.75, 3.05) is 5.33 Å². The van der Waals surface area contributed by atoms with E-state index in [2.05, 4.69) is 36.0 Å². The normalized spacial score (nSPS) is 15.9. The van der Waals surface area contributed by atoms with Crippen molar-refractivity contribution in [3.8, 4) is 0 Å². The van der Waals surface area contributed by atoms with Gasteiger partial charge in [0.15, 0.2) is 0 Å². The first-order valence-electron chi connectivity index (χ1n) is 3.38. The van der Waals surface area contributed by atoms with Gasteiger partial charge in [-0.3, -0.25) is 0 Å². The molecular weight excluding hydrogens is 188 g/mol. The van der Waals surface area contributed by atoms with E-state index in [0.29, 0.717) is 0 Å². The summed E-state index contributed by atoms with van der Waals surface area (Å²) >= 11 is 3.45. The van der Waals surface area contributed by atoms with E-state index in [1.807, 2.05) is 13.0 Å². The van der Waals surface area contributed by atoms with Crippen LogP contribution >= 0.6 is 15.9 Å². The van der Waals surface area contributed by atoms with Gasteiger partial charge in [-0.15, -0.1) is 13.2 Å². The molecule has 0 spiro atoms. The molecule has 0 saturated heterocycles. The van der Waals surface area contributed by atoms with Gasteiger partial charge < -0.3 is 0 Å². The number of halogens is 1. The van der Waals surface area contributed by atoms with E-state index in [-0.39, 0.29) is 5.41 Å². The molecule has 1 atom stereocenters. The van der Waals surface area contributed by atoms with Crippen molar-refractivity contribution in [3.63, 3.8) is 0 Å². The lowest BCUT2D eigenvalue weighted by Gasteiger charge is -2.22. The Morgan fingerprint density at radius 2 is 2.20 bits per heavy atom. The van der Waals surface area contributed by atoms with Gasteiger partial charge in [0, 0.05) is 5.33 Å². The van der Waals surface area contributed by atoms with Crippen molar-refractivity contribution in [2.24, 2.45) is 5.41 Å². The van der Waals surface area contributed by atoms with Gasteiger partial charge in [-0.2, -0.15) is 0 Å². The van der Waals surface area contributed by atoms with E-state index in [9.17, 15) is 0 Å². The summed E-state index contributed by atoms with van der Waals surface area (Å²) in [4.78, 5) is 0. The molecule has 0 amide bonds. The molecular formula is C9H15Br. The fourth-order valence-electron chi connectivity index (χ4n) is 0.863. The van der Waals surface area contributed by atoms with Gasteiger partial charge in [0.1, 0.15) is 0 Å². The van der Waals surface area contributed by atoms with Gasteiger partial charge in [-0.25, -0.2) is 0 Å². The molecule has 0 radical (unpaired) electrons. The average Bonchev–Trinajstić information content (AvgIpc) is 1.87. The van der Waals surface area contributed by atoms with Gasteiger partial charge in [-0.1, -0.05) is 34.5 Å². The predicted octanol–water partition coefficient (Wildman–Crippen LogP) is 3.54. The van der Waals surface area contributed by atoms with Gasteiger partial charge >= 0.3 is 0 Å². The highest BCUT2D eigenvalue weighted by Crippen LogP contribution is 2.28. The molecule has 0 aliphatic carbocycles. The van der Waals surface area contributed by atoms with E-state index >= 15 is 0 Å². The average molecular weight is 203 g/mol. The summed E-state index contributed by atoms with van der Waals surface area (Å²) < 4.78 is 0. The molecule has 0 heterocycles. The highest BCUT2D eigenvalue weighted by molar-refractivity contribution is 9.09. The molecule has 10 heavy (non-hydrogen) atoms. The minimum absolute atomic E-state index is 0.186. The van der Waals surface area contributed by atoms with Crippen LogP contribution in [-0.4, -0.2) is 5.33 Å². The molecule has 0 rings (SSSR count). The number of hydrogen-bond donors (Lipinski definition) is 0. The van der Waals surface area contributed by atoms with Crippen LogP contribution in [0.1, 0.15) is 20.3 Å². The molecule has 0 bridgehead atoms. The lowest BCUT2D eigenvalue weighted by Crippen LogP contribution is -2.14. The summed E-state index contributed by atoms with van der Waals surface area (Å²) in [6.07, 6.45) is 3.00. The zero-order chi connectivity index (χ0) is 8.20. The zero-order valence-electron chi connectivity index (χ0n) is 6.78. The predicted molar refractivity (Wildman–Crippen MR) is 51.5 cm³/mol. The molecule has 0 aromatic carbocycles. The van der Waals surface area contributed by atoms with Crippen LogP contribution in [0.25, 0.3) is 0 Å². The third kappa shape index (κ3) is 3.21. The van der Waals surface area contributed by atoms with Crippen LogP contribution in [0.2, 0.25) is 0 Å². The van der Waals surface area contributed by atoms with E-state index in [4.69, 9.17) is 0 Å². The number of rotatable bonds is 4. The smallest absolute Gasteiger partial charge is 0.0123 e. The minimum atomic E-state index is 0.186. The maximum atomic E-state index is 3.87. The Bertz CT molecular complexity index is 138. The van der Waals surface area contributed by atoms with Crippen molar-refractivity contribution in [1.29, 1.82) is 0 Å². The topological polar surface area (TPSA) is 0 Å². The Morgan fingerprint density at radius 3 is 2.30 bits per heavy atom. The van der Waals surface area contributed by atoms with Crippen molar-refractivity contribution >= 4 is 15.9 Å². The first-order chi connectivity index (χ1) is 4.54. The zero-order valence-corrected chi connectivity index (χ0v) is 8.37. The second-order valence-electron chi connectivity index (χ2n) is 3.13. The Hall–Kier alpha value is -0.0400. The van der Waals surface area contributed by atoms with Crippen LogP contribution in [0.15, 0.2) is 24.8 Å². The summed E-state index contributed by atoms with van der Waals surface area (Å²) in [5, 5.41) is 0.955. The Morgan fingerprint density at radius 1 is 1.70 bits per heavy atom. The summed E-state index contributed by atoms with van der Waals surface area (Å²) in [7, 11) is 0. The largest absolute Gasteiger partial charge is 0.102 e.